The van der Waals surface area contributed by atoms with E-state index in [1.807, 2.05) is 66.7 Å². The summed E-state index contributed by atoms with van der Waals surface area (Å²) in [6.45, 7) is 5.26. The van der Waals surface area contributed by atoms with Gasteiger partial charge in [0.05, 0.1) is 5.56 Å². The molecule has 2 N–H and O–H groups in total. The smallest absolute Gasteiger partial charge is 0.336 e. The third-order valence-corrected chi connectivity index (χ3v) is 7.34. The lowest BCUT2D eigenvalue weighted by atomic mass is 9.99. The zero-order valence-corrected chi connectivity index (χ0v) is 22.6. The summed E-state index contributed by atoms with van der Waals surface area (Å²) in [5, 5.41) is 13.6. The number of carboxylic acid groups (broad SMARTS) is 1. The van der Waals surface area contributed by atoms with Crippen molar-refractivity contribution in [2.24, 2.45) is 0 Å². The topological polar surface area (TPSA) is 84.2 Å². The van der Waals surface area contributed by atoms with Crippen LogP contribution in [0.25, 0.3) is 22.0 Å². The van der Waals surface area contributed by atoms with Crippen LogP contribution in [0.2, 0.25) is 0 Å². The number of pyridine rings is 1. The maximum absolute atomic E-state index is 12.9. The monoisotopic (exact) mass is 567 g/mol. The number of aryl methyl sites for hydroxylation is 1. The van der Waals surface area contributed by atoms with Gasteiger partial charge in [-0.25, -0.2) is 9.78 Å². The van der Waals surface area contributed by atoms with Crippen molar-refractivity contribution >= 4 is 38.7 Å². The van der Waals surface area contributed by atoms with Gasteiger partial charge in [-0.2, -0.15) is 0 Å². The number of amides is 1. The first-order valence-corrected chi connectivity index (χ1v) is 13.0. The maximum Gasteiger partial charge on any atom is 0.336 e. The van der Waals surface area contributed by atoms with Gasteiger partial charge in [-0.05, 0) is 94.0 Å². The average molecular weight is 568 g/mol. The molecule has 6 nitrogen and oxygen atoms in total. The van der Waals surface area contributed by atoms with Gasteiger partial charge in [0, 0.05) is 41.4 Å². The van der Waals surface area contributed by atoms with E-state index in [4.69, 9.17) is 0 Å². The van der Waals surface area contributed by atoms with Gasteiger partial charge < -0.3 is 15.0 Å². The Bertz CT molecular complexity index is 1670. The largest absolute Gasteiger partial charge is 0.478 e. The number of carbonyl (C=O) groups is 2. The summed E-state index contributed by atoms with van der Waals surface area (Å²) in [4.78, 5) is 28.6. The average Bonchev–Trinajstić information content (AvgIpc) is 3.16. The molecule has 0 spiro atoms. The first-order chi connectivity index (χ1) is 18.3. The van der Waals surface area contributed by atoms with Crippen molar-refractivity contribution < 1.29 is 14.7 Å². The van der Waals surface area contributed by atoms with E-state index in [-0.39, 0.29) is 11.5 Å². The van der Waals surface area contributed by atoms with E-state index in [0.29, 0.717) is 24.2 Å². The Morgan fingerprint density at radius 1 is 0.947 bits per heavy atom. The van der Waals surface area contributed by atoms with Gasteiger partial charge >= 0.3 is 5.97 Å². The molecule has 5 rings (SSSR count). The molecule has 38 heavy (non-hydrogen) atoms. The SMILES string of the molecule is Cc1c(C)n(Cc2ccc(-c3ccccc3C(=O)O)cc2)c2ccc(C(=O)NCc3ccnc(Br)c3)cc12. The number of aromatic nitrogens is 2. The lowest BCUT2D eigenvalue weighted by Gasteiger charge is -2.11. The third-order valence-electron chi connectivity index (χ3n) is 6.91. The minimum absolute atomic E-state index is 0.123. The highest BCUT2D eigenvalue weighted by molar-refractivity contribution is 9.10. The summed E-state index contributed by atoms with van der Waals surface area (Å²) in [6, 6.07) is 24.6. The number of halogens is 1. The number of hydrogen-bond donors (Lipinski definition) is 2. The van der Waals surface area contributed by atoms with E-state index in [0.717, 1.165) is 43.5 Å². The van der Waals surface area contributed by atoms with Crippen molar-refractivity contribution in [1.29, 1.82) is 0 Å². The molecule has 0 bridgehead atoms. The van der Waals surface area contributed by atoms with Gasteiger partial charge in [0.1, 0.15) is 4.60 Å². The van der Waals surface area contributed by atoms with Crippen LogP contribution < -0.4 is 5.32 Å². The van der Waals surface area contributed by atoms with Crippen molar-refractivity contribution in [3.63, 3.8) is 0 Å². The standard InChI is InChI=1S/C31H26BrN3O3/c1-19-20(2)35(18-21-7-9-23(10-8-21)25-5-3-4-6-26(25)31(37)38)28-12-11-24(16-27(19)28)30(36)34-17-22-13-14-33-29(32)15-22/h3-16H,17-18H2,1-2H3,(H,34,36)(H,37,38). The van der Waals surface area contributed by atoms with E-state index in [1.165, 1.54) is 0 Å². The molecule has 0 saturated heterocycles. The normalized spacial score (nSPS) is 11.0. The van der Waals surface area contributed by atoms with Gasteiger partial charge in [0.2, 0.25) is 0 Å². The van der Waals surface area contributed by atoms with Crippen molar-refractivity contribution in [3.8, 4) is 11.1 Å². The van der Waals surface area contributed by atoms with Crippen LogP contribution >= 0.6 is 15.9 Å². The summed E-state index contributed by atoms with van der Waals surface area (Å²) >= 11 is 3.36. The molecule has 0 unspecified atom stereocenters. The fraction of sp³-hybridized carbons (Fsp3) is 0.129. The van der Waals surface area contributed by atoms with Gasteiger partial charge in [0.15, 0.2) is 0 Å². The molecule has 7 heteroatoms. The molecule has 2 heterocycles. The minimum atomic E-state index is -0.937. The van der Waals surface area contributed by atoms with E-state index < -0.39 is 5.97 Å². The van der Waals surface area contributed by atoms with Gasteiger partial charge in [-0.3, -0.25) is 4.79 Å². The second-order valence-electron chi connectivity index (χ2n) is 9.25. The number of nitrogens with one attached hydrogen (secondary N) is 1. The van der Waals surface area contributed by atoms with Crippen LogP contribution in [0.3, 0.4) is 0 Å². The summed E-state index contributed by atoms with van der Waals surface area (Å²) < 4.78 is 2.99. The van der Waals surface area contributed by atoms with E-state index in [9.17, 15) is 14.7 Å². The van der Waals surface area contributed by atoms with Gasteiger partial charge in [-0.15, -0.1) is 0 Å². The number of carboxylic acids is 1. The molecule has 1 amide bonds. The summed E-state index contributed by atoms with van der Waals surface area (Å²) in [5.74, 6) is -1.06. The number of benzene rings is 3. The highest BCUT2D eigenvalue weighted by Crippen LogP contribution is 2.29. The molecule has 190 valence electrons. The number of nitrogens with zero attached hydrogens (tertiary/aromatic N) is 2. The number of carbonyl (C=O) groups excluding carboxylic acids is 1. The van der Waals surface area contributed by atoms with Crippen molar-refractivity contribution in [3.05, 3.63) is 123 Å². The van der Waals surface area contributed by atoms with Gasteiger partial charge in [0.25, 0.3) is 5.91 Å². The van der Waals surface area contributed by atoms with Crippen LogP contribution in [0.5, 0.6) is 0 Å². The van der Waals surface area contributed by atoms with Crippen molar-refractivity contribution in [2.45, 2.75) is 26.9 Å². The number of fused-ring (bicyclic) bond motifs is 1. The van der Waals surface area contributed by atoms with Crippen LogP contribution in [0.4, 0.5) is 0 Å². The van der Waals surface area contributed by atoms with E-state index >= 15 is 0 Å². The van der Waals surface area contributed by atoms with Crippen LogP contribution in [-0.4, -0.2) is 26.5 Å². The highest BCUT2D eigenvalue weighted by Gasteiger charge is 2.15. The minimum Gasteiger partial charge on any atom is -0.478 e. The molecule has 0 fully saturated rings. The third kappa shape index (κ3) is 5.10. The molecule has 2 aromatic heterocycles. The summed E-state index contributed by atoms with van der Waals surface area (Å²) in [7, 11) is 0. The highest BCUT2D eigenvalue weighted by atomic mass is 79.9. The van der Waals surface area contributed by atoms with Crippen molar-refractivity contribution in [1.82, 2.24) is 14.9 Å². The summed E-state index contributed by atoms with van der Waals surface area (Å²) in [6.07, 6.45) is 1.70. The zero-order chi connectivity index (χ0) is 26.8. The Balaban J connectivity index is 1.37. The molecule has 0 aliphatic carbocycles. The van der Waals surface area contributed by atoms with E-state index in [2.05, 4.69) is 44.6 Å². The molecular formula is C31H26BrN3O3. The van der Waals surface area contributed by atoms with Crippen molar-refractivity contribution in [2.75, 3.05) is 0 Å². The van der Waals surface area contributed by atoms with E-state index in [1.54, 1.807) is 18.3 Å². The fourth-order valence-electron chi connectivity index (χ4n) is 4.73. The molecular weight excluding hydrogens is 542 g/mol. The Labute approximate surface area is 229 Å². The fourth-order valence-corrected chi connectivity index (χ4v) is 5.14. The molecule has 0 atom stereocenters. The molecule has 0 aliphatic heterocycles. The Morgan fingerprint density at radius 2 is 1.71 bits per heavy atom. The number of aromatic carboxylic acids is 1. The van der Waals surface area contributed by atoms with Gasteiger partial charge in [-0.1, -0.05) is 42.5 Å². The molecule has 0 aliphatic rings. The second-order valence-corrected chi connectivity index (χ2v) is 10.1. The molecule has 3 aromatic carbocycles. The Hall–Kier alpha value is -4.23. The first-order valence-electron chi connectivity index (χ1n) is 12.2. The predicted octanol–water partition coefficient (Wildman–Crippen LogP) is 6.76. The van der Waals surface area contributed by atoms with Crippen LogP contribution in [0.1, 0.15) is 43.1 Å². The molecule has 0 saturated carbocycles. The maximum atomic E-state index is 12.9. The predicted molar refractivity (Wildman–Crippen MR) is 152 cm³/mol. The number of rotatable bonds is 7. The molecule has 5 aromatic rings. The number of hydrogen-bond acceptors (Lipinski definition) is 3. The molecule has 0 radical (unpaired) electrons. The second kappa shape index (κ2) is 10.6. The lowest BCUT2D eigenvalue weighted by molar-refractivity contribution is 0.0697. The summed E-state index contributed by atoms with van der Waals surface area (Å²) in [5.41, 5.74) is 7.89. The van der Waals surface area contributed by atoms with Crippen LogP contribution in [0, 0.1) is 13.8 Å². The zero-order valence-electron chi connectivity index (χ0n) is 21.0. The van der Waals surface area contributed by atoms with Crippen LogP contribution in [0.15, 0.2) is 89.7 Å². The Morgan fingerprint density at radius 3 is 2.45 bits per heavy atom. The lowest BCUT2D eigenvalue weighted by Crippen LogP contribution is -2.22. The quantitative estimate of drug-likeness (QED) is 0.213. The first kappa shape index (κ1) is 25.4. The van der Waals surface area contributed by atoms with Crippen LogP contribution in [-0.2, 0) is 13.1 Å². The Kier molecular flexibility index (Phi) is 7.11.